The molecule has 1 fully saturated rings. The van der Waals surface area contributed by atoms with Crippen LogP contribution in [0.5, 0.6) is 0 Å². The molecule has 1 saturated heterocycles. The maximum absolute atomic E-state index is 12.7. The van der Waals surface area contributed by atoms with Crippen LogP contribution in [0.2, 0.25) is 5.02 Å². The molecule has 2 atom stereocenters. The molecule has 0 radical (unpaired) electrons. The third-order valence-electron chi connectivity index (χ3n) is 5.16. The topological polar surface area (TPSA) is 138 Å². The summed E-state index contributed by atoms with van der Waals surface area (Å²) < 4.78 is 4.91. The minimum atomic E-state index is -1.29. The largest absolute Gasteiger partial charge is 0.477 e. The highest BCUT2D eigenvalue weighted by Gasteiger charge is 2.54. The van der Waals surface area contributed by atoms with Gasteiger partial charge < -0.3 is 20.5 Å². The molecule has 2 amide bonds. The van der Waals surface area contributed by atoms with Gasteiger partial charge in [0.05, 0.1) is 12.1 Å². The highest BCUT2D eigenvalue weighted by molar-refractivity contribution is 8.00. The lowest BCUT2D eigenvalue weighted by atomic mass is 10.0. The molecule has 0 saturated carbocycles. The number of ether oxygens (including phenoxy) is 1. The molecular formula is C21H19ClN4O6S. The van der Waals surface area contributed by atoms with Crippen molar-refractivity contribution in [3.05, 3.63) is 46.8 Å². The maximum Gasteiger partial charge on any atom is 0.352 e. The summed E-state index contributed by atoms with van der Waals surface area (Å²) in [5.41, 5.74) is 1.50. The third-order valence-corrected chi connectivity index (χ3v) is 6.73. The van der Waals surface area contributed by atoms with E-state index in [1.165, 1.54) is 18.7 Å². The van der Waals surface area contributed by atoms with Gasteiger partial charge in [-0.1, -0.05) is 11.6 Å². The number of nitrogens with one attached hydrogen (secondary N) is 2. The molecule has 2 aliphatic rings. The number of anilines is 1. The number of hydrogen-bond acceptors (Lipinski definition) is 8. The van der Waals surface area contributed by atoms with Crippen molar-refractivity contribution in [2.45, 2.75) is 18.3 Å². The lowest BCUT2D eigenvalue weighted by molar-refractivity contribution is -0.150. The van der Waals surface area contributed by atoms with Gasteiger partial charge in [-0.3, -0.25) is 24.3 Å². The fraction of sp³-hybridized carbons (Fsp3) is 0.286. The number of aliphatic carboxylic acids is 1. The summed E-state index contributed by atoms with van der Waals surface area (Å²) in [4.78, 5) is 53.4. The molecule has 10 nitrogen and oxygen atoms in total. The minimum Gasteiger partial charge on any atom is -0.477 e. The van der Waals surface area contributed by atoms with Crippen LogP contribution in [-0.4, -0.2) is 69.1 Å². The maximum atomic E-state index is 12.7. The average Bonchev–Trinajstić information content (AvgIpc) is 2.78. The van der Waals surface area contributed by atoms with Crippen LogP contribution in [0.4, 0.5) is 5.69 Å². The first-order chi connectivity index (χ1) is 15.8. The number of β-lactam (4-membered cyclic amide) rings is 1. The van der Waals surface area contributed by atoms with E-state index in [1.54, 1.807) is 30.5 Å². The Bertz CT molecular complexity index is 1200. The highest BCUT2D eigenvalue weighted by Crippen LogP contribution is 2.40. The molecule has 1 aromatic heterocycles. The number of pyridine rings is 1. The smallest absolute Gasteiger partial charge is 0.352 e. The molecule has 12 heteroatoms. The third kappa shape index (κ3) is 4.60. The zero-order chi connectivity index (χ0) is 23.7. The number of esters is 1. The number of nitrogens with zero attached hydrogens (tertiary/aromatic N) is 2. The highest BCUT2D eigenvalue weighted by atomic mass is 35.5. The molecule has 2 unspecified atom stereocenters. The van der Waals surface area contributed by atoms with Crippen LogP contribution in [0.15, 0.2) is 41.7 Å². The molecule has 172 valence electrons. The Morgan fingerprint density at radius 3 is 2.85 bits per heavy atom. The molecule has 0 bridgehead atoms. The molecule has 0 aliphatic carbocycles. The summed E-state index contributed by atoms with van der Waals surface area (Å²) in [6.07, 6.45) is 1.60. The molecule has 4 rings (SSSR count). The van der Waals surface area contributed by atoms with E-state index >= 15 is 0 Å². The second kappa shape index (κ2) is 9.28. The van der Waals surface area contributed by atoms with Gasteiger partial charge in [0.15, 0.2) is 0 Å². The van der Waals surface area contributed by atoms with E-state index in [1.807, 2.05) is 0 Å². The normalized spacial score (nSPS) is 19.6. The number of thioether (sulfide) groups is 1. The van der Waals surface area contributed by atoms with Crippen molar-refractivity contribution in [1.29, 1.82) is 0 Å². The van der Waals surface area contributed by atoms with Crippen molar-refractivity contribution in [3.8, 4) is 0 Å². The second-order valence-electron chi connectivity index (χ2n) is 7.37. The lowest BCUT2D eigenvalue weighted by Crippen LogP contribution is -2.71. The first kappa shape index (κ1) is 22.9. The Hall–Kier alpha value is -3.31. The summed E-state index contributed by atoms with van der Waals surface area (Å²) in [7, 11) is 0. The van der Waals surface area contributed by atoms with E-state index < -0.39 is 35.2 Å². The van der Waals surface area contributed by atoms with Crippen LogP contribution in [0.3, 0.4) is 0 Å². The number of carbonyl (C=O) groups excluding carboxylic acids is 3. The Labute approximate surface area is 197 Å². The van der Waals surface area contributed by atoms with Crippen molar-refractivity contribution in [3.63, 3.8) is 0 Å². The first-order valence-corrected chi connectivity index (χ1v) is 11.3. The van der Waals surface area contributed by atoms with E-state index in [0.29, 0.717) is 21.8 Å². The summed E-state index contributed by atoms with van der Waals surface area (Å²) in [6.45, 7) is 0.923. The second-order valence-corrected chi connectivity index (χ2v) is 8.91. The fourth-order valence-electron chi connectivity index (χ4n) is 3.66. The van der Waals surface area contributed by atoms with E-state index in [0.717, 1.165) is 10.3 Å². The van der Waals surface area contributed by atoms with E-state index in [4.69, 9.17) is 16.3 Å². The van der Waals surface area contributed by atoms with Gasteiger partial charge in [-0.15, -0.1) is 11.8 Å². The number of carboxylic acids is 1. The molecule has 33 heavy (non-hydrogen) atoms. The Kier molecular flexibility index (Phi) is 6.43. The van der Waals surface area contributed by atoms with Gasteiger partial charge in [-0.2, -0.15) is 0 Å². The molecule has 2 aromatic rings. The molecule has 2 aliphatic heterocycles. The first-order valence-electron chi connectivity index (χ1n) is 9.87. The Morgan fingerprint density at radius 2 is 2.12 bits per heavy atom. The van der Waals surface area contributed by atoms with Crippen molar-refractivity contribution < 1.29 is 29.0 Å². The number of hydrogen-bond donors (Lipinski definition) is 3. The van der Waals surface area contributed by atoms with Crippen LogP contribution >= 0.6 is 23.4 Å². The number of carboxylic acid groups (broad SMARTS) is 1. The quantitative estimate of drug-likeness (QED) is 0.390. The van der Waals surface area contributed by atoms with Crippen molar-refractivity contribution >= 4 is 63.7 Å². The van der Waals surface area contributed by atoms with Crippen LogP contribution in [0.25, 0.3) is 10.9 Å². The van der Waals surface area contributed by atoms with Gasteiger partial charge >= 0.3 is 11.9 Å². The summed E-state index contributed by atoms with van der Waals surface area (Å²) in [5.74, 6) is -2.51. The van der Waals surface area contributed by atoms with Gasteiger partial charge in [0.1, 0.15) is 23.7 Å². The van der Waals surface area contributed by atoms with E-state index in [9.17, 15) is 24.3 Å². The van der Waals surface area contributed by atoms with Crippen molar-refractivity contribution in [2.24, 2.45) is 0 Å². The van der Waals surface area contributed by atoms with Gasteiger partial charge in [0, 0.05) is 40.5 Å². The van der Waals surface area contributed by atoms with E-state index in [-0.39, 0.29) is 24.6 Å². The SMILES string of the molecule is CC(=O)OCC1=C(C(=O)O)N2C(=O)C(NC(=O)CNc3ccnc4cc(Cl)ccc34)C2SC1. The van der Waals surface area contributed by atoms with Gasteiger partial charge in [0.2, 0.25) is 5.91 Å². The fourth-order valence-corrected chi connectivity index (χ4v) is 5.15. The number of rotatable bonds is 7. The lowest BCUT2D eigenvalue weighted by Gasteiger charge is -2.49. The Morgan fingerprint density at radius 1 is 1.33 bits per heavy atom. The van der Waals surface area contributed by atoms with Crippen LogP contribution in [0, 0.1) is 0 Å². The number of amides is 2. The van der Waals surface area contributed by atoms with Crippen LogP contribution in [-0.2, 0) is 23.9 Å². The molecule has 3 heterocycles. The Balaban J connectivity index is 1.40. The standard InChI is InChI=1S/C21H19ClN4O6S/c1-10(27)32-8-11-9-33-20-17(19(29)26(20)18(11)21(30)31)25-16(28)7-24-14-4-5-23-15-6-12(22)2-3-13(14)15/h2-6,17,20H,7-9H2,1H3,(H,23,24)(H,25,28)(H,30,31). The number of carbonyl (C=O) groups is 4. The predicted molar refractivity (Wildman–Crippen MR) is 122 cm³/mol. The number of aromatic nitrogens is 1. The summed E-state index contributed by atoms with van der Waals surface area (Å²) in [6, 6.07) is 6.12. The average molecular weight is 491 g/mol. The molecule has 0 spiro atoms. The molecular weight excluding hydrogens is 472 g/mol. The van der Waals surface area contributed by atoms with E-state index in [2.05, 4.69) is 15.6 Å². The van der Waals surface area contributed by atoms with Crippen LogP contribution in [0.1, 0.15) is 6.92 Å². The summed E-state index contributed by atoms with van der Waals surface area (Å²) >= 11 is 7.30. The number of fused-ring (bicyclic) bond motifs is 2. The van der Waals surface area contributed by atoms with Gasteiger partial charge in [0.25, 0.3) is 5.91 Å². The van der Waals surface area contributed by atoms with Crippen LogP contribution < -0.4 is 10.6 Å². The zero-order valence-electron chi connectivity index (χ0n) is 17.3. The van der Waals surface area contributed by atoms with Crippen molar-refractivity contribution in [2.75, 3.05) is 24.2 Å². The summed E-state index contributed by atoms with van der Waals surface area (Å²) in [5, 5.41) is 16.1. The molecule has 1 aromatic carbocycles. The number of halogens is 1. The predicted octanol–water partition coefficient (Wildman–Crippen LogP) is 1.60. The molecule has 3 N–H and O–H groups in total. The zero-order valence-corrected chi connectivity index (χ0v) is 18.9. The monoisotopic (exact) mass is 490 g/mol. The van der Waals surface area contributed by atoms with Gasteiger partial charge in [-0.25, -0.2) is 4.79 Å². The van der Waals surface area contributed by atoms with Crippen molar-refractivity contribution in [1.82, 2.24) is 15.2 Å². The van der Waals surface area contributed by atoms with Gasteiger partial charge in [-0.05, 0) is 24.3 Å². The minimum absolute atomic E-state index is 0.0950. The number of benzene rings is 1.